The molecule has 0 radical (unpaired) electrons. The molecule has 1 unspecified atom stereocenters. The summed E-state index contributed by atoms with van der Waals surface area (Å²) < 4.78 is 37.2. The van der Waals surface area contributed by atoms with Crippen LogP contribution in [0, 0.1) is 0 Å². The second-order valence-corrected chi connectivity index (χ2v) is 3.40. The Hall–Kier alpha value is -1.03. The maximum absolute atomic E-state index is 12.4. The van der Waals surface area contributed by atoms with Gasteiger partial charge in [0.15, 0.2) is 5.96 Å². The van der Waals surface area contributed by atoms with Gasteiger partial charge in [-0.15, -0.1) is 24.0 Å². The standard InChI is InChI=1S/C10H12F3N3O.HI/c11-10(12,13)7-3-1-2-6(4-7)8(17)5-16-9(14)15;/h1-4,8,17H,5H2,(H4,14,15,16);1H. The Balaban J connectivity index is 0.00000289. The summed E-state index contributed by atoms with van der Waals surface area (Å²) in [6.07, 6.45) is -5.61. The molecule has 0 aliphatic rings. The zero-order valence-corrected chi connectivity index (χ0v) is 11.5. The molecule has 8 heteroatoms. The third-order valence-electron chi connectivity index (χ3n) is 2.05. The van der Waals surface area contributed by atoms with E-state index in [1.807, 2.05) is 0 Å². The highest BCUT2D eigenvalue weighted by atomic mass is 127. The van der Waals surface area contributed by atoms with Crippen molar-refractivity contribution < 1.29 is 18.3 Å². The second-order valence-electron chi connectivity index (χ2n) is 3.40. The fraction of sp³-hybridized carbons (Fsp3) is 0.300. The summed E-state index contributed by atoms with van der Waals surface area (Å²) in [6.45, 7) is -0.177. The Morgan fingerprint density at radius 3 is 2.44 bits per heavy atom. The van der Waals surface area contributed by atoms with E-state index in [0.717, 1.165) is 12.1 Å². The molecule has 1 aromatic rings. The molecule has 0 saturated carbocycles. The van der Waals surface area contributed by atoms with Crippen LogP contribution in [0.15, 0.2) is 29.3 Å². The van der Waals surface area contributed by atoms with Gasteiger partial charge >= 0.3 is 6.18 Å². The van der Waals surface area contributed by atoms with Crippen LogP contribution in [-0.2, 0) is 6.18 Å². The molecule has 0 saturated heterocycles. The van der Waals surface area contributed by atoms with Crippen molar-refractivity contribution in [2.24, 2.45) is 16.5 Å². The zero-order chi connectivity index (χ0) is 13.1. The molecule has 1 rings (SSSR count). The van der Waals surface area contributed by atoms with Gasteiger partial charge in [0.25, 0.3) is 0 Å². The average molecular weight is 375 g/mol. The van der Waals surface area contributed by atoms with Crippen molar-refractivity contribution in [3.63, 3.8) is 0 Å². The van der Waals surface area contributed by atoms with Gasteiger partial charge in [-0.1, -0.05) is 12.1 Å². The minimum Gasteiger partial charge on any atom is -0.386 e. The fourth-order valence-corrected chi connectivity index (χ4v) is 1.22. The lowest BCUT2D eigenvalue weighted by molar-refractivity contribution is -0.137. The number of aliphatic imine (C=N–C) groups is 1. The summed E-state index contributed by atoms with van der Waals surface area (Å²) in [4.78, 5) is 3.53. The van der Waals surface area contributed by atoms with E-state index in [1.165, 1.54) is 12.1 Å². The molecule has 0 aliphatic heterocycles. The summed E-state index contributed by atoms with van der Waals surface area (Å²) in [5, 5.41) is 9.57. The summed E-state index contributed by atoms with van der Waals surface area (Å²) in [7, 11) is 0. The lowest BCUT2D eigenvalue weighted by Gasteiger charge is -2.12. The van der Waals surface area contributed by atoms with Crippen LogP contribution in [0.25, 0.3) is 0 Å². The van der Waals surface area contributed by atoms with Crippen molar-refractivity contribution >= 4 is 29.9 Å². The molecule has 1 atom stereocenters. The van der Waals surface area contributed by atoms with Crippen LogP contribution in [0.4, 0.5) is 13.2 Å². The number of rotatable bonds is 3. The third kappa shape index (κ3) is 5.08. The van der Waals surface area contributed by atoms with Crippen LogP contribution in [0.1, 0.15) is 17.2 Å². The smallest absolute Gasteiger partial charge is 0.386 e. The van der Waals surface area contributed by atoms with Gasteiger partial charge in [0.2, 0.25) is 0 Å². The van der Waals surface area contributed by atoms with E-state index < -0.39 is 17.8 Å². The Labute approximate surface area is 119 Å². The number of nitrogens with zero attached hydrogens (tertiary/aromatic N) is 1. The molecule has 4 nitrogen and oxygen atoms in total. The molecule has 0 bridgehead atoms. The van der Waals surface area contributed by atoms with Gasteiger partial charge in [-0.2, -0.15) is 13.2 Å². The van der Waals surface area contributed by atoms with Crippen molar-refractivity contribution in [2.75, 3.05) is 6.54 Å². The van der Waals surface area contributed by atoms with Gasteiger partial charge in [-0.05, 0) is 17.7 Å². The first kappa shape index (κ1) is 17.0. The zero-order valence-electron chi connectivity index (χ0n) is 9.19. The highest BCUT2D eigenvalue weighted by Gasteiger charge is 2.30. The third-order valence-corrected chi connectivity index (χ3v) is 2.05. The Morgan fingerprint density at radius 2 is 1.94 bits per heavy atom. The Morgan fingerprint density at radius 1 is 1.33 bits per heavy atom. The number of hydrogen-bond donors (Lipinski definition) is 3. The first-order chi connectivity index (χ1) is 7.80. The lowest BCUT2D eigenvalue weighted by Crippen LogP contribution is -2.23. The predicted octanol–water partition coefficient (Wildman–Crippen LogP) is 1.63. The quantitative estimate of drug-likeness (QED) is 0.427. The van der Waals surface area contributed by atoms with E-state index >= 15 is 0 Å². The highest BCUT2D eigenvalue weighted by Crippen LogP contribution is 2.30. The number of hydrogen-bond acceptors (Lipinski definition) is 2. The molecule has 0 amide bonds. The molecule has 0 heterocycles. The first-order valence-corrected chi connectivity index (χ1v) is 4.71. The van der Waals surface area contributed by atoms with Crippen LogP contribution >= 0.6 is 24.0 Å². The van der Waals surface area contributed by atoms with Crippen LogP contribution in [0.3, 0.4) is 0 Å². The van der Waals surface area contributed by atoms with E-state index in [4.69, 9.17) is 11.5 Å². The van der Waals surface area contributed by atoms with Crippen molar-refractivity contribution in [1.29, 1.82) is 0 Å². The monoisotopic (exact) mass is 375 g/mol. The molecule has 0 fully saturated rings. The number of nitrogens with two attached hydrogens (primary N) is 2. The molecule has 5 N–H and O–H groups in total. The average Bonchev–Trinajstić information content (AvgIpc) is 2.25. The first-order valence-electron chi connectivity index (χ1n) is 4.71. The second kappa shape index (κ2) is 6.78. The number of alkyl halides is 3. The molecule has 0 aromatic heterocycles. The van der Waals surface area contributed by atoms with Crippen molar-refractivity contribution in [3.8, 4) is 0 Å². The van der Waals surface area contributed by atoms with E-state index in [1.54, 1.807) is 0 Å². The SMILES string of the molecule is I.NC(N)=NCC(O)c1cccc(C(F)(F)F)c1. The summed E-state index contributed by atoms with van der Waals surface area (Å²) in [6, 6.07) is 4.39. The van der Waals surface area contributed by atoms with E-state index in [9.17, 15) is 18.3 Å². The molecule has 18 heavy (non-hydrogen) atoms. The van der Waals surface area contributed by atoms with Crippen molar-refractivity contribution in [3.05, 3.63) is 35.4 Å². The minimum atomic E-state index is -4.44. The predicted molar refractivity (Wildman–Crippen MR) is 72.5 cm³/mol. The largest absolute Gasteiger partial charge is 0.416 e. The van der Waals surface area contributed by atoms with E-state index in [0.29, 0.717) is 0 Å². The van der Waals surface area contributed by atoms with Gasteiger partial charge in [-0.3, -0.25) is 4.99 Å². The molecular weight excluding hydrogens is 362 g/mol. The van der Waals surface area contributed by atoms with E-state index in [2.05, 4.69) is 4.99 Å². The maximum Gasteiger partial charge on any atom is 0.416 e. The summed E-state index contributed by atoms with van der Waals surface area (Å²) in [5.74, 6) is -0.226. The van der Waals surface area contributed by atoms with Gasteiger partial charge in [0.1, 0.15) is 0 Å². The Kier molecular flexibility index (Phi) is 6.39. The molecule has 0 spiro atoms. The van der Waals surface area contributed by atoms with E-state index in [-0.39, 0.29) is 42.0 Å². The number of guanidine groups is 1. The van der Waals surface area contributed by atoms with Crippen molar-refractivity contribution in [2.45, 2.75) is 12.3 Å². The Bertz CT molecular complexity index is 419. The van der Waals surface area contributed by atoms with Gasteiger partial charge in [0, 0.05) is 0 Å². The van der Waals surface area contributed by atoms with Crippen LogP contribution in [0.2, 0.25) is 0 Å². The van der Waals surface area contributed by atoms with Crippen LogP contribution in [-0.4, -0.2) is 17.6 Å². The highest BCUT2D eigenvalue weighted by molar-refractivity contribution is 14.0. The van der Waals surface area contributed by atoms with Crippen LogP contribution < -0.4 is 11.5 Å². The van der Waals surface area contributed by atoms with Gasteiger partial charge in [0.05, 0.1) is 18.2 Å². The summed E-state index contributed by atoms with van der Waals surface area (Å²) in [5.41, 5.74) is 9.40. The van der Waals surface area contributed by atoms with Gasteiger partial charge < -0.3 is 16.6 Å². The molecule has 102 valence electrons. The number of aliphatic hydroxyl groups is 1. The number of aliphatic hydroxyl groups excluding tert-OH is 1. The number of halogens is 4. The molecular formula is C10H13F3IN3O. The van der Waals surface area contributed by atoms with Crippen molar-refractivity contribution in [1.82, 2.24) is 0 Å². The normalized spacial score (nSPS) is 12.4. The van der Waals surface area contributed by atoms with Gasteiger partial charge in [-0.25, -0.2) is 0 Å². The lowest BCUT2D eigenvalue weighted by atomic mass is 10.1. The maximum atomic E-state index is 12.4. The topological polar surface area (TPSA) is 84.6 Å². The van der Waals surface area contributed by atoms with Crippen LogP contribution in [0.5, 0.6) is 0 Å². The molecule has 0 aliphatic carbocycles. The number of benzene rings is 1. The molecule has 1 aromatic carbocycles. The fourth-order valence-electron chi connectivity index (χ4n) is 1.22. The summed E-state index contributed by atoms with van der Waals surface area (Å²) >= 11 is 0. The minimum absolute atomic E-state index is 0.